The Morgan fingerprint density at radius 3 is 2.56 bits per heavy atom. The number of thiocarbonyl (C=S) groups is 1. The summed E-state index contributed by atoms with van der Waals surface area (Å²) in [5, 5.41) is 15.7. The highest BCUT2D eigenvalue weighted by Gasteiger charge is 2.42. The molecule has 0 bridgehead atoms. The van der Waals surface area contributed by atoms with Crippen LogP contribution in [0.4, 0.5) is 5.69 Å². The van der Waals surface area contributed by atoms with Crippen LogP contribution in [-0.4, -0.2) is 26.9 Å². The number of phenols is 1. The Balaban J connectivity index is 1.70. The second kappa shape index (κ2) is 9.65. The fraction of sp³-hybridized carbons (Fsp3) is 0.185. The number of benzene rings is 2. The van der Waals surface area contributed by atoms with E-state index in [1.54, 1.807) is 31.5 Å². The summed E-state index contributed by atoms with van der Waals surface area (Å²) in [6.45, 7) is 4.03. The lowest BCUT2D eigenvalue weighted by atomic mass is 9.96. The van der Waals surface area contributed by atoms with E-state index in [0.29, 0.717) is 26.6 Å². The molecule has 3 heterocycles. The first kappa shape index (κ1) is 24.4. The summed E-state index contributed by atoms with van der Waals surface area (Å²) in [4.78, 5) is 6.69. The molecule has 184 valence electrons. The Labute approximate surface area is 225 Å². The quantitative estimate of drug-likeness (QED) is 0.276. The second-order valence-electron chi connectivity index (χ2n) is 8.61. The number of anilines is 1. The fourth-order valence-corrected chi connectivity index (χ4v) is 5.65. The molecule has 1 saturated heterocycles. The molecule has 0 unspecified atom stereocenters. The van der Waals surface area contributed by atoms with Gasteiger partial charge in [-0.15, -0.1) is 0 Å². The van der Waals surface area contributed by atoms with E-state index in [4.69, 9.17) is 40.2 Å². The number of halogens is 2. The van der Waals surface area contributed by atoms with Gasteiger partial charge in [-0.05, 0) is 86.2 Å². The van der Waals surface area contributed by atoms with E-state index in [1.165, 1.54) is 0 Å². The van der Waals surface area contributed by atoms with Crippen LogP contribution in [0.1, 0.15) is 34.7 Å². The van der Waals surface area contributed by atoms with Gasteiger partial charge in [-0.1, -0.05) is 29.3 Å². The van der Waals surface area contributed by atoms with Crippen molar-refractivity contribution in [1.29, 1.82) is 0 Å². The molecule has 5 rings (SSSR count). The topological polar surface area (TPSA) is 62.5 Å². The molecule has 6 nitrogen and oxygen atoms in total. The molecule has 2 aromatic heterocycles. The molecule has 0 aliphatic carbocycles. The minimum absolute atomic E-state index is 0.146. The van der Waals surface area contributed by atoms with E-state index in [0.717, 1.165) is 28.3 Å². The van der Waals surface area contributed by atoms with E-state index < -0.39 is 0 Å². The highest BCUT2D eigenvalue weighted by molar-refractivity contribution is 7.80. The van der Waals surface area contributed by atoms with Gasteiger partial charge in [0.05, 0.1) is 35.6 Å². The molecule has 1 fully saturated rings. The van der Waals surface area contributed by atoms with E-state index in [-0.39, 0.29) is 17.8 Å². The van der Waals surface area contributed by atoms with Gasteiger partial charge in [0.15, 0.2) is 5.11 Å². The van der Waals surface area contributed by atoms with Gasteiger partial charge < -0.3 is 24.6 Å². The van der Waals surface area contributed by atoms with E-state index in [9.17, 15) is 5.11 Å². The fourth-order valence-electron chi connectivity index (χ4n) is 4.89. The third-order valence-corrected chi connectivity index (χ3v) is 7.32. The molecule has 0 radical (unpaired) electrons. The van der Waals surface area contributed by atoms with Gasteiger partial charge in [-0.2, -0.15) is 0 Å². The van der Waals surface area contributed by atoms with Crippen molar-refractivity contribution in [2.75, 3.05) is 12.0 Å². The first-order valence-corrected chi connectivity index (χ1v) is 12.5. The maximum absolute atomic E-state index is 10.6. The number of hydrogen-bond acceptors (Lipinski definition) is 4. The van der Waals surface area contributed by atoms with Gasteiger partial charge in [0, 0.05) is 28.3 Å². The lowest BCUT2D eigenvalue weighted by molar-refractivity contribution is 0.415. The van der Waals surface area contributed by atoms with Crippen LogP contribution in [0.15, 0.2) is 66.9 Å². The van der Waals surface area contributed by atoms with Crippen LogP contribution in [-0.2, 0) is 0 Å². The number of aryl methyl sites for hydroxylation is 1. The average Bonchev–Trinajstić information content (AvgIpc) is 3.36. The van der Waals surface area contributed by atoms with Crippen molar-refractivity contribution in [3.63, 3.8) is 0 Å². The Bertz CT molecular complexity index is 1460. The van der Waals surface area contributed by atoms with Crippen LogP contribution in [0.3, 0.4) is 0 Å². The number of rotatable bonds is 5. The summed E-state index contributed by atoms with van der Waals surface area (Å²) >= 11 is 18.6. The van der Waals surface area contributed by atoms with Gasteiger partial charge in [0.2, 0.25) is 0 Å². The van der Waals surface area contributed by atoms with E-state index in [1.807, 2.05) is 54.8 Å². The lowest BCUT2D eigenvalue weighted by Gasteiger charge is -2.28. The molecule has 4 aromatic rings. The minimum atomic E-state index is -0.238. The van der Waals surface area contributed by atoms with Crippen LogP contribution >= 0.6 is 35.4 Å². The zero-order chi connectivity index (χ0) is 25.6. The Kier molecular flexibility index (Phi) is 6.55. The Hall–Kier alpha value is -3.26. The first-order valence-electron chi connectivity index (χ1n) is 11.3. The molecular formula is C27H24Cl2N4O2S. The maximum atomic E-state index is 10.6. The van der Waals surface area contributed by atoms with Crippen LogP contribution < -0.4 is 15.0 Å². The van der Waals surface area contributed by atoms with Gasteiger partial charge in [0.25, 0.3) is 0 Å². The number of phenolic OH excluding ortho intramolecular Hbond substituents is 1. The van der Waals surface area contributed by atoms with Gasteiger partial charge in [0.1, 0.15) is 11.5 Å². The summed E-state index contributed by atoms with van der Waals surface area (Å²) < 4.78 is 7.36. The van der Waals surface area contributed by atoms with Crippen molar-refractivity contribution in [3.8, 4) is 17.2 Å². The number of aromatic nitrogens is 2. The van der Waals surface area contributed by atoms with Crippen molar-refractivity contribution in [1.82, 2.24) is 14.9 Å². The lowest BCUT2D eigenvalue weighted by Crippen LogP contribution is -2.29. The van der Waals surface area contributed by atoms with Crippen LogP contribution in [0.5, 0.6) is 11.5 Å². The second-order valence-corrected chi connectivity index (χ2v) is 9.84. The molecule has 1 aliphatic heterocycles. The molecule has 9 heteroatoms. The zero-order valence-electron chi connectivity index (χ0n) is 19.9. The largest absolute Gasteiger partial charge is 0.506 e. The molecule has 2 atom stereocenters. The summed E-state index contributed by atoms with van der Waals surface area (Å²) in [5.74, 6) is 0.735. The number of nitrogens with zero attached hydrogens (tertiary/aromatic N) is 3. The number of ether oxygens (including phenoxy) is 1. The highest BCUT2D eigenvalue weighted by atomic mass is 35.5. The van der Waals surface area contributed by atoms with Crippen LogP contribution in [0.25, 0.3) is 5.69 Å². The Morgan fingerprint density at radius 2 is 1.86 bits per heavy atom. The smallest absolute Gasteiger partial charge is 0.174 e. The van der Waals surface area contributed by atoms with Crippen molar-refractivity contribution in [3.05, 3.63) is 99.6 Å². The summed E-state index contributed by atoms with van der Waals surface area (Å²) in [6, 6.07) is 18.1. The number of pyridine rings is 1. The monoisotopic (exact) mass is 538 g/mol. The first-order chi connectivity index (χ1) is 17.3. The predicted octanol–water partition coefficient (Wildman–Crippen LogP) is 6.69. The molecule has 36 heavy (non-hydrogen) atoms. The molecule has 0 spiro atoms. The van der Waals surface area contributed by atoms with Crippen LogP contribution in [0, 0.1) is 13.8 Å². The van der Waals surface area contributed by atoms with Gasteiger partial charge >= 0.3 is 0 Å². The summed E-state index contributed by atoms with van der Waals surface area (Å²) in [7, 11) is 1.59. The molecule has 2 aromatic carbocycles. The van der Waals surface area contributed by atoms with Crippen molar-refractivity contribution in [2.45, 2.75) is 25.9 Å². The predicted molar refractivity (Wildman–Crippen MR) is 148 cm³/mol. The molecule has 0 saturated carbocycles. The molecule has 1 aliphatic rings. The number of aromatic hydroxyl groups is 1. The standard InChI is InChI=1S/C27H24Cl2N4O2S/c1-15-12-19(16(2)32(15)22-13-17(28)7-9-23(22)34)26-25(21-6-4-5-11-30-21)31-27(36)33(26)18-8-10-24(35-3)20(29)14-18/h4-14,25-26,34H,1-3H3,(H,31,36)/t25-,26+/m0/s1. The summed E-state index contributed by atoms with van der Waals surface area (Å²) in [5.41, 5.74) is 5.24. The number of hydrogen-bond donors (Lipinski definition) is 2. The SMILES string of the molecule is COc1ccc(N2C(=S)N[C@@H](c3ccccn3)[C@H]2c2cc(C)n(-c3cc(Cl)ccc3O)c2C)cc1Cl. The van der Waals surface area contributed by atoms with Gasteiger partial charge in [-0.25, -0.2) is 0 Å². The molecule has 0 amide bonds. The minimum Gasteiger partial charge on any atom is -0.506 e. The van der Waals surface area contributed by atoms with E-state index in [2.05, 4.69) is 21.3 Å². The summed E-state index contributed by atoms with van der Waals surface area (Å²) in [6.07, 6.45) is 1.78. The molecular weight excluding hydrogens is 515 g/mol. The van der Waals surface area contributed by atoms with Crippen molar-refractivity contribution in [2.24, 2.45) is 0 Å². The zero-order valence-corrected chi connectivity index (χ0v) is 22.2. The number of nitrogens with one attached hydrogen (secondary N) is 1. The van der Waals surface area contributed by atoms with Crippen molar-refractivity contribution < 1.29 is 9.84 Å². The van der Waals surface area contributed by atoms with E-state index >= 15 is 0 Å². The van der Waals surface area contributed by atoms with Crippen LogP contribution in [0.2, 0.25) is 10.0 Å². The normalized spacial score (nSPS) is 17.4. The molecule has 2 N–H and O–H groups in total. The van der Waals surface area contributed by atoms with Crippen molar-refractivity contribution >= 4 is 46.2 Å². The maximum Gasteiger partial charge on any atom is 0.174 e. The average molecular weight is 539 g/mol. The van der Waals surface area contributed by atoms with Gasteiger partial charge in [-0.3, -0.25) is 4.98 Å². The number of methoxy groups -OCH3 is 1. The third-order valence-electron chi connectivity index (χ3n) is 6.48. The Morgan fingerprint density at radius 1 is 1.06 bits per heavy atom. The third kappa shape index (κ3) is 4.17. The highest BCUT2D eigenvalue weighted by Crippen LogP contribution is 2.45.